The van der Waals surface area contributed by atoms with E-state index in [1.165, 1.54) is 16.2 Å². The number of fused-ring (bicyclic) bond motifs is 2. The van der Waals surface area contributed by atoms with E-state index < -0.39 is 48.1 Å². The number of aryl methyl sites for hydroxylation is 1. The number of benzene rings is 1. The molecule has 0 spiro atoms. The minimum Gasteiger partial charge on any atom is -0.496 e. The molecule has 3 aliphatic rings. The Hall–Kier alpha value is -3.51. The summed E-state index contributed by atoms with van der Waals surface area (Å²) >= 11 is 3.36. The standard InChI is InChI=1S/C36H45IN6O7S2/c1-21(2)27-20-51-32(39-27)26-18-29(24-11-12-28(49-5)22(3)30(24)38-26)50-17-13-25-31(44)41-36(33(45)42-52(47,48)35(37)14-15-35)19-23(36)10-8-6-7-9-16-43(4)34(46)40-25/h8,10-12,18,20-21,23,25H,6-7,9,13-17,19H2,1-5H3,(H,40,46)(H,41,44)(H,42,45)/b10-8-/t23-,25+,36-/m1/s1. The summed E-state index contributed by atoms with van der Waals surface area (Å²) in [5, 5.41) is 9.19. The highest BCUT2D eigenvalue weighted by Gasteiger charge is 2.63. The SMILES string of the molecule is COc1ccc2c(OCC[C@@H]3NC(=O)N(C)CCCC/C=C\[C@@H]4C[C@@]4(C(=O)NS(=O)(=O)C4(I)CC4)NC3=O)cc(-c3nc(C(C)C)cs3)nc2c1C. The molecule has 2 saturated carbocycles. The Morgan fingerprint density at radius 3 is 2.65 bits per heavy atom. The molecule has 2 aromatic heterocycles. The summed E-state index contributed by atoms with van der Waals surface area (Å²) in [6.45, 7) is 6.61. The van der Waals surface area contributed by atoms with Gasteiger partial charge in [-0.2, -0.15) is 0 Å². The maximum atomic E-state index is 14.0. The summed E-state index contributed by atoms with van der Waals surface area (Å²) in [6, 6.07) is 4.02. The van der Waals surface area contributed by atoms with Crippen LogP contribution >= 0.6 is 33.9 Å². The molecule has 2 aliphatic carbocycles. The Labute approximate surface area is 321 Å². The zero-order valence-electron chi connectivity index (χ0n) is 30.0. The summed E-state index contributed by atoms with van der Waals surface area (Å²) < 4.78 is 39.2. The summed E-state index contributed by atoms with van der Waals surface area (Å²) in [7, 11) is -0.680. The molecule has 3 N–H and O–H groups in total. The first-order chi connectivity index (χ1) is 24.7. The molecule has 3 atom stereocenters. The van der Waals surface area contributed by atoms with Crippen LogP contribution in [0.5, 0.6) is 11.5 Å². The number of hydrogen-bond acceptors (Lipinski definition) is 10. The Kier molecular flexibility index (Phi) is 11.1. The molecule has 0 unspecified atom stereocenters. The third-order valence-electron chi connectivity index (χ3n) is 9.92. The smallest absolute Gasteiger partial charge is 0.317 e. The zero-order valence-corrected chi connectivity index (χ0v) is 33.7. The lowest BCUT2D eigenvalue weighted by Crippen LogP contribution is -2.58. The Balaban J connectivity index is 1.27. The van der Waals surface area contributed by atoms with E-state index in [9.17, 15) is 22.8 Å². The second-order valence-electron chi connectivity index (χ2n) is 14.1. The van der Waals surface area contributed by atoms with Crippen molar-refractivity contribution in [3.8, 4) is 22.2 Å². The fraction of sp³-hybridized carbons (Fsp3) is 0.528. The van der Waals surface area contributed by atoms with Crippen molar-refractivity contribution in [1.29, 1.82) is 0 Å². The number of thiazole rings is 1. The summed E-state index contributed by atoms with van der Waals surface area (Å²) in [6.07, 6.45) is 7.33. The first-order valence-corrected chi connectivity index (χ1v) is 20.9. The normalized spacial score (nSPS) is 23.9. The second-order valence-corrected chi connectivity index (χ2v) is 19.7. The van der Waals surface area contributed by atoms with Crippen molar-refractivity contribution in [2.75, 3.05) is 27.3 Å². The number of halogens is 1. The van der Waals surface area contributed by atoms with Gasteiger partial charge in [-0.25, -0.2) is 27.9 Å². The molecule has 0 radical (unpaired) electrons. The van der Waals surface area contributed by atoms with Crippen LogP contribution in [0.2, 0.25) is 0 Å². The van der Waals surface area contributed by atoms with E-state index in [1.807, 2.05) is 65.2 Å². The van der Waals surface area contributed by atoms with Crippen LogP contribution < -0.4 is 24.8 Å². The number of nitrogens with one attached hydrogen (secondary N) is 3. The van der Waals surface area contributed by atoms with Gasteiger partial charge in [-0.05, 0) is 63.5 Å². The molecule has 280 valence electrons. The first-order valence-electron chi connectivity index (χ1n) is 17.5. The van der Waals surface area contributed by atoms with Crippen LogP contribution in [0, 0.1) is 12.8 Å². The molecule has 1 aromatic carbocycles. The molecule has 0 bridgehead atoms. The van der Waals surface area contributed by atoms with Crippen LogP contribution in [0.3, 0.4) is 0 Å². The molecule has 3 aromatic rings. The van der Waals surface area contributed by atoms with Gasteiger partial charge in [-0.1, -0.05) is 48.6 Å². The van der Waals surface area contributed by atoms with Crippen molar-refractivity contribution in [3.63, 3.8) is 0 Å². The van der Waals surface area contributed by atoms with E-state index in [1.54, 1.807) is 14.2 Å². The van der Waals surface area contributed by atoms with Crippen LogP contribution in [0.15, 0.2) is 35.7 Å². The number of amides is 4. The van der Waals surface area contributed by atoms with E-state index in [-0.39, 0.29) is 25.4 Å². The van der Waals surface area contributed by atoms with E-state index in [2.05, 4.69) is 29.2 Å². The summed E-state index contributed by atoms with van der Waals surface area (Å²) in [5.41, 5.74) is 1.66. The molecule has 13 nitrogen and oxygen atoms in total. The number of ether oxygens (including phenoxy) is 2. The highest BCUT2D eigenvalue weighted by atomic mass is 127. The lowest BCUT2D eigenvalue weighted by Gasteiger charge is -2.26. The number of allylic oxidation sites excluding steroid dienone is 1. The fourth-order valence-corrected chi connectivity index (χ4v) is 9.04. The Morgan fingerprint density at radius 2 is 1.96 bits per heavy atom. The predicted molar refractivity (Wildman–Crippen MR) is 208 cm³/mol. The largest absolute Gasteiger partial charge is 0.496 e. The van der Waals surface area contributed by atoms with Gasteiger partial charge in [0.1, 0.15) is 36.5 Å². The van der Waals surface area contributed by atoms with Crippen molar-refractivity contribution in [3.05, 3.63) is 47.0 Å². The van der Waals surface area contributed by atoms with Crippen LogP contribution in [0.1, 0.15) is 76.0 Å². The number of sulfonamides is 1. The van der Waals surface area contributed by atoms with E-state index in [0.29, 0.717) is 42.1 Å². The van der Waals surface area contributed by atoms with Crippen LogP contribution in [-0.4, -0.2) is 82.8 Å². The second kappa shape index (κ2) is 15.1. The third-order valence-corrected chi connectivity index (χ3v) is 15.5. The van der Waals surface area contributed by atoms with E-state index in [4.69, 9.17) is 19.4 Å². The van der Waals surface area contributed by atoms with Gasteiger partial charge in [-0.15, -0.1) is 11.3 Å². The molecule has 6 rings (SSSR count). The lowest BCUT2D eigenvalue weighted by molar-refractivity contribution is -0.130. The number of methoxy groups -OCH3 is 1. The fourth-order valence-electron chi connectivity index (χ4n) is 6.25. The molecule has 1 aliphatic heterocycles. The molecule has 3 heterocycles. The maximum Gasteiger partial charge on any atom is 0.317 e. The molecule has 0 saturated heterocycles. The molecular weight excluding hydrogens is 819 g/mol. The predicted octanol–water partition coefficient (Wildman–Crippen LogP) is 5.56. The van der Waals surface area contributed by atoms with Crippen molar-refractivity contribution in [2.24, 2.45) is 5.92 Å². The highest BCUT2D eigenvalue weighted by Crippen LogP contribution is 2.50. The third kappa shape index (κ3) is 7.88. The van der Waals surface area contributed by atoms with Crippen LogP contribution in [-0.2, 0) is 19.6 Å². The van der Waals surface area contributed by atoms with Gasteiger partial charge in [0.05, 0.1) is 24.9 Å². The van der Waals surface area contributed by atoms with Crippen molar-refractivity contribution < 1.29 is 32.3 Å². The maximum absolute atomic E-state index is 14.0. The Morgan fingerprint density at radius 1 is 1.19 bits per heavy atom. The van der Waals surface area contributed by atoms with Gasteiger partial charge in [0.2, 0.25) is 15.9 Å². The molecular formula is C36H45IN6O7S2. The van der Waals surface area contributed by atoms with Crippen molar-refractivity contribution >= 4 is 72.7 Å². The van der Waals surface area contributed by atoms with Gasteiger partial charge in [0.25, 0.3) is 5.91 Å². The number of nitrogens with zero attached hydrogens (tertiary/aromatic N) is 3. The number of carbonyl (C=O) groups excluding carboxylic acids is 3. The number of aromatic nitrogens is 2. The zero-order chi connectivity index (χ0) is 37.4. The topological polar surface area (TPSA) is 169 Å². The van der Waals surface area contributed by atoms with Gasteiger partial charge in [0.15, 0.2) is 0 Å². The summed E-state index contributed by atoms with van der Waals surface area (Å²) in [5.74, 6) is -0.310. The van der Waals surface area contributed by atoms with Crippen LogP contribution in [0.25, 0.3) is 21.6 Å². The van der Waals surface area contributed by atoms with Gasteiger partial charge >= 0.3 is 6.03 Å². The van der Waals surface area contributed by atoms with Gasteiger partial charge in [-0.3, -0.25) is 9.59 Å². The first kappa shape index (κ1) is 38.2. The Bertz CT molecular complexity index is 2010. The lowest BCUT2D eigenvalue weighted by atomic mass is 10.1. The van der Waals surface area contributed by atoms with Gasteiger partial charge < -0.3 is 25.0 Å². The highest BCUT2D eigenvalue weighted by molar-refractivity contribution is 14.1. The van der Waals surface area contributed by atoms with E-state index in [0.717, 1.165) is 40.9 Å². The molecule has 16 heteroatoms. The molecule has 52 heavy (non-hydrogen) atoms. The molecule has 4 amide bonds. The van der Waals surface area contributed by atoms with Crippen molar-refractivity contribution in [1.82, 2.24) is 30.2 Å². The quantitative estimate of drug-likeness (QED) is 0.134. The number of hydrogen-bond donors (Lipinski definition) is 3. The number of pyridine rings is 1. The van der Waals surface area contributed by atoms with E-state index >= 15 is 0 Å². The van der Waals surface area contributed by atoms with Crippen LogP contribution in [0.4, 0.5) is 4.79 Å². The average Bonchev–Trinajstić information content (AvgIpc) is 3.96. The minimum absolute atomic E-state index is 0.0229. The monoisotopic (exact) mass is 864 g/mol. The van der Waals surface area contributed by atoms with Crippen molar-refractivity contribution in [2.45, 2.75) is 86.0 Å². The number of urea groups is 1. The number of alkyl halides is 1. The van der Waals surface area contributed by atoms with Gasteiger partial charge in [0, 0.05) is 48.3 Å². The average molecular weight is 865 g/mol. The number of rotatable bonds is 10. The number of carbonyl (C=O) groups is 3. The summed E-state index contributed by atoms with van der Waals surface area (Å²) in [4.78, 5) is 52.3. The minimum atomic E-state index is -3.95. The molecule has 2 fully saturated rings.